The summed E-state index contributed by atoms with van der Waals surface area (Å²) < 4.78 is 22.4. The molecule has 2 heterocycles. The van der Waals surface area contributed by atoms with E-state index in [0.29, 0.717) is 5.56 Å². The van der Waals surface area contributed by atoms with Gasteiger partial charge in [0.2, 0.25) is 0 Å². The highest BCUT2D eigenvalue weighted by molar-refractivity contribution is 7.71. The number of ether oxygens (including phenoxy) is 1. The first-order chi connectivity index (χ1) is 16.9. The Hall–Kier alpha value is -2.47. The van der Waals surface area contributed by atoms with Crippen molar-refractivity contribution in [2.45, 2.75) is 44.3 Å². The fraction of sp³-hybridized carbons (Fsp3) is 0.333. The number of nitrogens with zero attached hydrogens (tertiary/aromatic N) is 1. The number of aromatic amines is 1. The van der Waals surface area contributed by atoms with Crippen molar-refractivity contribution in [2.24, 2.45) is 0 Å². The second-order valence-corrected chi connectivity index (χ2v) is 10.5. The molecule has 0 aliphatic carbocycles. The highest BCUT2D eigenvalue weighted by Gasteiger charge is 2.45. The van der Waals surface area contributed by atoms with Crippen molar-refractivity contribution in [3.05, 3.63) is 97.7 Å². The van der Waals surface area contributed by atoms with Crippen molar-refractivity contribution in [3.63, 3.8) is 0 Å². The molecular formula is C24H27N2O8PS. The summed E-state index contributed by atoms with van der Waals surface area (Å²) in [6.45, 7) is 3.28. The molecule has 0 radical (unpaired) electrons. The number of nitrogens with one attached hydrogen (secondary N) is 1. The monoisotopic (exact) mass is 534 g/mol. The molecule has 1 aromatic heterocycles. The maximum Gasteiger partial charge on any atom is 0.469 e. The Morgan fingerprint density at radius 1 is 1.03 bits per heavy atom. The van der Waals surface area contributed by atoms with Crippen LogP contribution in [0.25, 0.3) is 0 Å². The lowest BCUT2D eigenvalue weighted by atomic mass is 9.86. The highest BCUT2D eigenvalue weighted by atomic mass is 32.1. The Bertz CT molecular complexity index is 1340. The number of H-pyrrole nitrogens is 1. The van der Waals surface area contributed by atoms with Crippen LogP contribution in [0.2, 0.25) is 0 Å². The molecule has 12 heteroatoms. The second kappa shape index (κ2) is 10.5. The van der Waals surface area contributed by atoms with E-state index in [0.717, 1.165) is 26.8 Å². The van der Waals surface area contributed by atoms with E-state index < -0.39 is 44.7 Å². The lowest BCUT2D eigenvalue weighted by Gasteiger charge is -2.23. The van der Waals surface area contributed by atoms with Crippen LogP contribution in [0.4, 0.5) is 0 Å². The number of aryl methyl sites for hydroxylation is 2. The first-order valence-corrected chi connectivity index (χ1v) is 13.1. The van der Waals surface area contributed by atoms with Crippen LogP contribution >= 0.6 is 20.0 Å². The van der Waals surface area contributed by atoms with E-state index in [1.165, 1.54) is 6.20 Å². The van der Waals surface area contributed by atoms with Crippen molar-refractivity contribution in [1.82, 2.24) is 9.55 Å². The Balaban J connectivity index is 1.78. The normalized spacial score (nSPS) is 22.3. The lowest BCUT2D eigenvalue weighted by Crippen LogP contribution is -2.36. The lowest BCUT2D eigenvalue weighted by molar-refractivity contribution is -0.0543. The molecule has 1 aliphatic heterocycles. The van der Waals surface area contributed by atoms with Gasteiger partial charge in [-0.15, -0.1) is 0 Å². The van der Waals surface area contributed by atoms with Crippen molar-refractivity contribution >= 4 is 20.0 Å². The Morgan fingerprint density at radius 2 is 1.56 bits per heavy atom. The first kappa shape index (κ1) is 26.6. The third-order valence-electron chi connectivity index (χ3n) is 6.15. The van der Waals surface area contributed by atoms with Crippen LogP contribution in [0.5, 0.6) is 0 Å². The van der Waals surface area contributed by atoms with Crippen LogP contribution in [0, 0.1) is 18.5 Å². The second-order valence-electron chi connectivity index (χ2n) is 8.84. The number of phosphoric ester groups is 1. The SMILES string of the molecule is Cc1ccc(C(c2ccc(C)cc2)c2cn([C@@H]3O[C@H](COP(=O)(O)O)[C@@H](O)[C@H]3O)c(=O)[nH]c2=S)cc1. The Morgan fingerprint density at radius 3 is 2.06 bits per heavy atom. The van der Waals surface area contributed by atoms with Crippen LogP contribution in [-0.2, 0) is 13.8 Å². The Kier molecular flexibility index (Phi) is 7.75. The standard InChI is InChI=1S/C24H27N2O8PS/c1-13-3-7-15(8-4-13)19(16-9-5-14(2)6-10-16)17-11-26(24(29)25-22(17)36)23-21(28)20(27)18(34-23)12-33-35(30,31)32/h3-11,18-21,23,27-28H,12H2,1-2H3,(H,25,29,36)(H2,30,31,32)/t18-,20-,21-,23-/m1/s1. The van der Waals surface area contributed by atoms with Gasteiger partial charge < -0.3 is 24.7 Å². The maximum absolute atomic E-state index is 12.9. The summed E-state index contributed by atoms with van der Waals surface area (Å²) in [6, 6.07) is 15.8. The third-order valence-corrected chi connectivity index (χ3v) is 6.97. The van der Waals surface area contributed by atoms with Crippen molar-refractivity contribution in [2.75, 3.05) is 6.61 Å². The van der Waals surface area contributed by atoms with Gasteiger partial charge in [0.05, 0.1) is 6.61 Å². The molecule has 0 saturated carbocycles. The number of aromatic nitrogens is 2. The number of phosphoric acid groups is 1. The molecule has 1 fully saturated rings. The van der Waals surface area contributed by atoms with Gasteiger partial charge in [-0.3, -0.25) is 14.1 Å². The van der Waals surface area contributed by atoms with E-state index in [4.69, 9.17) is 26.7 Å². The summed E-state index contributed by atoms with van der Waals surface area (Å²) in [5.41, 5.74) is 3.90. The largest absolute Gasteiger partial charge is 0.469 e. The first-order valence-electron chi connectivity index (χ1n) is 11.1. The molecule has 5 N–H and O–H groups in total. The predicted octanol–water partition coefficient (Wildman–Crippen LogP) is 2.43. The molecule has 4 atom stereocenters. The minimum absolute atomic E-state index is 0.205. The van der Waals surface area contributed by atoms with Gasteiger partial charge in [-0.05, 0) is 25.0 Å². The molecule has 0 unspecified atom stereocenters. The van der Waals surface area contributed by atoms with Gasteiger partial charge in [0, 0.05) is 17.7 Å². The van der Waals surface area contributed by atoms with E-state index in [1.54, 1.807) is 0 Å². The molecule has 4 rings (SSSR count). The van der Waals surface area contributed by atoms with Crippen molar-refractivity contribution in [1.29, 1.82) is 0 Å². The van der Waals surface area contributed by atoms with E-state index in [-0.39, 0.29) is 10.6 Å². The summed E-state index contributed by atoms with van der Waals surface area (Å²) in [5, 5.41) is 21.0. The van der Waals surface area contributed by atoms with Gasteiger partial charge in [-0.25, -0.2) is 9.36 Å². The van der Waals surface area contributed by atoms with Crippen LogP contribution < -0.4 is 5.69 Å². The van der Waals surface area contributed by atoms with Gasteiger partial charge in [0.25, 0.3) is 0 Å². The average Bonchev–Trinajstić information content (AvgIpc) is 3.09. The van der Waals surface area contributed by atoms with E-state index in [2.05, 4.69) is 9.51 Å². The summed E-state index contributed by atoms with van der Waals surface area (Å²) in [4.78, 5) is 33.4. The molecule has 10 nitrogen and oxygen atoms in total. The molecule has 3 aromatic rings. The number of hydrogen-bond donors (Lipinski definition) is 5. The maximum atomic E-state index is 12.9. The molecular weight excluding hydrogens is 507 g/mol. The molecule has 36 heavy (non-hydrogen) atoms. The van der Waals surface area contributed by atoms with Gasteiger partial charge >= 0.3 is 13.5 Å². The summed E-state index contributed by atoms with van der Waals surface area (Å²) in [6.07, 6.45) is -4.26. The average molecular weight is 535 g/mol. The number of rotatable bonds is 7. The van der Waals surface area contributed by atoms with Gasteiger partial charge in [0.15, 0.2) is 6.23 Å². The molecule has 0 amide bonds. The minimum atomic E-state index is -4.83. The summed E-state index contributed by atoms with van der Waals surface area (Å²) in [5.74, 6) is -0.362. The molecule has 1 aliphatic rings. The van der Waals surface area contributed by atoms with Gasteiger partial charge in [-0.2, -0.15) is 0 Å². The summed E-state index contributed by atoms with van der Waals surface area (Å²) in [7, 11) is -4.83. The van der Waals surface area contributed by atoms with Gasteiger partial charge in [0.1, 0.15) is 23.0 Å². The number of benzene rings is 2. The number of hydrogen-bond acceptors (Lipinski definition) is 7. The van der Waals surface area contributed by atoms with Crippen LogP contribution in [0.3, 0.4) is 0 Å². The smallest absolute Gasteiger partial charge is 0.387 e. The van der Waals surface area contributed by atoms with Crippen molar-refractivity contribution < 1.29 is 33.8 Å². The zero-order chi connectivity index (χ0) is 26.2. The Labute approximate surface area is 212 Å². The zero-order valence-electron chi connectivity index (χ0n) is 19.5. The molecule has 0 spiro atoms. The predicted molar refractivity (Wildman–Crippen MR) is 133 cm³/mol. The zero-order valence-corrected chi connectivity index (χ0v) is 21.2. The van der Waals surface area contributed by atoms with Crippen LogP contribution in [0.15, 0.2) is 59.5 Å². The molecule has 0 bridgehead atoms. The fourth-order valence-corrected chi connectivity index (χ4v) is 4.83. The fourth-order valence-electron chi connectivity index (χ4n) is 4.23. The van der Waals surface area contributed by atoms with Crippen molar-refractivity contribution in [3.8, 4) is 0 Å². The molecule has 1 saturated heterocycles. The topological polar surface area (TPSA) is 154 Å². The van der Waals surface area contributed by atoms with E-state index >= 15 is 0 Å². The minimum Gasteiger partial charge on any atom is -0.387 e. The van der Waals surface area contributed by atoms with Gasteiger partial charge in [-0.1, -0.05) is 71.9 Å². The van der Waals surface area contributed by atoms with E-state index in [1.807, 2.05) is 62.4 Å². The van der Waals surface area contributed by atoms with E-state index in [9.17, 15) is 19.6 Å². The molecule has 192 valence electrons. The number of aliphatic hydroxyl groups is 2. The molecule has 2 aromatic carbocycles. The number of aliphatic hydroxyl groups excluding tert-OH is 2. The quantitative estimate of drug-likeness (QED) is 0.227. The van der Waals surface area contributed by atoms with Crippen LogP contribution in [0.1, 0.15) is 40.0 Å². The third kappa shape index (κ3) is 5.74. The summed E-state index contributed by atoms with van der Waals surface area (Å²) >= 11 is 5.53. The highest BCUT2D eigenvalue weighted by Crippen LogP contribution is 2.39. The van der Waals surface area contributed by atoms with Crippen LogP contribution in [-0.4, -0.2) is 54.5 Å².